The summed E-state index contributed by atoms with van der Waals surface area (Å²) in [5.74, 6) is 0. The standard InChI is InChI=1S/C20H17F3N4O2/c1-12-15(11-29-26-12)19(28)25-16-10-27(17-5-3-2-4-14(16)17)9-13-6-7-18(24-8-13)20(21,22)23/h2-8,10-11,19,25,28H,9H2,1H3. The van der Waals surface area contributed by atoms with Crippen molar-refractivity contribution in [3.8, 4) is 0 Å². The number of anilines is 1. The summed E-state index contributed by atoms with van der Waals surface area (Å²) >= 11 is 0. The van der Waals surface area contributed by atoms with E-state index in [0.29, 0.717) is 29.1 Å². The highest BCUT2D eigenvalue weighted by atomic mass is 19.4. The summed E-state index contributed by atoms with van der Waals surface area (Å²) in [6, 6.07) is 9.91. The van der Waals surface area contributed by atoms with Gasteiger partial charge in [0.05, 0.1) is 22.5 Å². The first kappa shape index (κ1) is 19.0. The molecule has 4 rings (SSSR count). The molecule has 29 heavy (non-hydrogen) atoms. The topological polar surface area (TPSA) is 76.1 Å². The van der Waals surface area contributed by atoms with E-state index in [4.69, 9.17) is 4.52 Å². The molecular formula is C20H17F3N4O2. The number of para-hydroxylation sites is 1. The van der Waals surface area contributed by atoms with E-state index in [1.165, 1.54) is 18.5 Å². The minimum Gasteiger partial charge on any atom is -0.369 e. The zero-order valence-electron chi connectivity index (χ0n) is 15.3. The van der Waals surface area contributed by atoms with Crippen LogP contribution in [0, 0.1) is 6.92 Å². The van der Waals surface area contributed by atoms with Crippen LogP contribution in [0.5, 0.6) is 0 Å². The van der Waals surface area contributed by atoms with Crippen molar-refractivity contribution >= 4 is 16.6 Å². The van der Waals surface area contributed by atoms with Crippen LogP contribution in [0.1, 0.15) is 28.7 Å². The number of rotatable bonds is 5. The highest BCUT2D eigenvalue weighted by Gasteiger charge is 2.32. The fraction of sp³-hybridized carbons (Fsp3) is 0.200. The molecule has 6 nitrogen and oxygen atoms in total. The van der Waals surface area contributed by atoms with Crippen LogP contribution in [-0.2, 0) is 12.7 Å². The molecule has 3 heterocycles. The Morgan fingerprint density at radius 1 is 1.21 bits per heavy atom. The number of aromatic nitrogens is 3. The van der Waals surface area contributed by atoms with Crippen LogP contribution >= 0.6 is 0 Å². The van der Waals surface area contributed by atoms with Gasteiger partial charge in [-0.3, -0.25) is 4.98 Å². The Morgan fingerprint density at radius 3 is 2.66 bits per heavy atom. The zero-order valence-corrected chi connectivity index (χ0v) is 15.3. The molecule has 0 aliphatic carbocycles. The van der Waals surface area contributed by atoms with E-state index in [1.54, 1.807) is 13.1 Å². The highest BCUT2D eigenvalue weighted by molar-refractivity contribution is 5.93. The summed E-state index contributed by atoms with van der Waals surface area (Å²) < 4.78 is 44.9. The third-order valence-electron chi connectivity index (χ3n) is 4.63. The van der Waals surface area contributed by atoms with Crippen LogP contribution in [-0.4, -0.2) is 19.8 Å². The van der Waals surface area contributed by atoms with E-state index in [1.807, 2.05) is 28.8 Å². The van der Waals surface area contributed by atoms with Gasteiger partial charge in [-0.2, -0.15) is 13.2 Å². The van der Waals surface area contributed by atoms with E-state index in [2.05, 4.69) is 15.5 Å². The maximum atomic E-state index is 12.7. The first-order valence-electron chi connectivity index (χ1n) is 8.78. The predicted octanol–water partition coefficient (Wildman–Crippen LogP) is 4.50. The average Bonchev–Trinajstić information content (AvgIpc) is 3.26. The fourth-order valence-corrected chi connectivity index (χ4v) is 3.16. The summed E-state index contributed by atoms with van der Waals surface area (Å²) in [5, 5.41) is 18.1. The number of hydrogen-bond donors (Lipinski definition) is 2. The van der Waals surface area contributed by atoms with E-state index in [-0.39, 0.29) is 0 Å². The number of aliphatic hydroxyl groups is 1. The van der Waals surface area contributed by atoms with Crippen molar-refractivity contribution in [2.45, 2.75) is 25.9 Å². The number of hydrogen-bond acceptors (Lipinski definition) is 5. The van der Waals surface area contributed by atoms with E-state index < -0.39 is 18.1 Å². The molecule has 150 valence electrons. The monoisotopic (exact) mass is 402 g/mol. The third-order valence-corrected chi connectivity index (χ3v) is 4.63. The first-order chi connectivity index (χ1) is 13.8. The molecule has 1 aromatic carbocycles. The number of alkyl halides is 3. The maximum absolute atomic E-state index is 12.7. The van der Waals surface area contributed by atoms with Gasteiger partial charge in [-0.05, 0) is 24.6 Å². The molecule has 0 radical (unpaired) electrons. The Bertz CT molecular complexity index is 1130. The number of benzene rings is 1. The van der Waals surface area contributed by atoms with Gasteiger partial charge in [-0.1, -0.05) is 29.4 Å². The molecule has 0 amide bonds. The molecule has 0 aliphatic heterocycles. The van der Waals surface area contributed by atoms with Crippen molar-refractivity contribution in [3.05, 3.63) is 77.6 Å². The van der Waals surface area contributed by atoms with Gasteiger partial charge in [0.1, 0.15) is 12.0 Å². The van der Waals surface area contributed by atoms with Crippen LogP contribution < -0.4 is 5.32 Å². The lowest BCUT2D eigenvalue weighted by atomic mass is 10.2. The van der Waals surface area contributed by atoms with E-state index in [9.17, 15) is 18.3 Å². The molecule has 2 N–H and O–H groups in total. The van der Waals surface area contributed by atoms with Gasteiger partial charge < -0.3 is 19.5 Å². The number of aryl methyl sites for hydroxylation is 1. The second-order valence-electron chi connectivity index (χ2n) is 6.64. The summed E-state index contributed by atoms with van der Waals surface area (Å²) in [7, 11) is 0. The molecule has 1 atom stereocenters. The molecule has 0 bridgehead atoms. The lowest BCUT2D eigenvalue weighted by molar-refractivity contribution is -0.141. The Hall–Kier alpha value is -3.33. The number of halogens is 3. The van der Waals surface area contributed by atoms with E-state index >= 15 is 0 Å². The minimum atomic E-state index is -4.47. The van der Waals surface area contributed by atoms with Gasteiger partial charge in [0.2, 0.25) is 0 Å². The Morgan fingerprint density at radius 2 is 2.00 bits per heavy atom. The number of nitrogens with one attached hydrogen (secondary N) is 1. The number of fused-ring (bicyclic) bond motifs is 1. The van der Waals surface area contributed by atoms with Crippen LogP contribution in [0.15, 0.2) is 59.6 Å². The quantitative estimate of drug-likeness (QED) is 0.481. The van der Waals surface area contributed by atoms with Gasteiger partial charge in [-0.15, -0.1) is 0 Å². The minimum absolute atomic E-state index is 0.329. The van der Waals surface area contributed by atoms with Crippen molar-refractivity contribution in [2.24, 2.45) is 0 Å². The molecule has 1 unspecified atom stereocenters. The molecule has 0 aliphatic rings. The number of aliphatic hydroxyl groups excluding tert-OH is 1. The lowest BCUT2D eigenvalue weighted by Gasteiger charge is -2.12. The summed E-state index contributed by atoms with van der Waals surface area (Å²) in [4.78, 5) is 3.51. The number of pyridine rings is 1. The van der Waals surface area contributed by atoms with Crippen LogP contribution in [0.4, 0.5) is 18.9 Å². The van der Waals surface area contributed by atoms with Crippen LogP contribution in [0.2, 0.25) is 0 Å². The fourth-order valence-electron chi connectivity index (χ4n) is 3.16. The van der Waals surface area contributed by atoms with E-state index in [0.717, 1.165) is 17.0 Å². The van der Waals surface area contributed by atoms with Gasteiger partial charge in [0, 0.05) is 24.3 Å². The molecule has 4 aromatic rings. The predicted molar refractivity (Wildman–Crippen MR) is 100 cm³/mol. The van der Waals surface area contributed by atoms with Gasteiger partial charge in [-0.25, -0.2) is 0 Å². The Kier molecular flexibility index (Phi) is 4.75. The SMILES string of the molecule is Cc1nocc1C(O)Nc1cn(Cc2ccc(C(F)(F)F)nc2)c2ccccc12. The van der Waals surface area contributed by atoms with Crippen molar-refractivity contribution < 1.29 is 22.8 Å². The second-order valence-corrected chi connectivity index (χ2v) is 6.64. The lowest BCUT2D eigenvalue weighted by Crippen LogP contribution is -2.10. The average molecular weight is 402 g/mol. The summed E-state index contributed by atoms with van der Waals surface area (Å²) in [6.45, 7) is 2.06. The maximum Gasteiger partial charge on any atom is 0.433 e. The summed E-state index contributed by atoms with van der Waals surface area (Å²) in [5.41, 5.74) is 2.34. The second kappa shape index (κ2) is 7.25. The molecule has 9 heteroatoms. The number of nitrogens with zero attached hydrogens (tertiary/aromatic N) is 3. The molecule has 3 aromatic heterocycles. The molecular weight excluding hydrogens is 385 g/mol. The smallest absolute Gasteiger partial charge is 0.369 e. The highest BCUT2D eigenvalue weighted by Crippen LogP contribution is 2.30. The van der Waals surface area contributed by atoms with Crippen molar-refractivity contribution in [1.29, 1.82) is 0 Å². The van der Waals surface area contributed by atoms with Gasteiger partial charge in [0.15, 0.2) is 6.23 Å². The molecule has 0 saturated heterocycles. The molecule has 0 fully saturated rings. The Labute approximate surface area is 163 Å². The third kappa shape index (κ3) is 3.81. The van der Waals surface area contributed by atoms with Crippen molar-refractivity contribution in [1.82, 2.24) is 14.7 Å². The van der Waals surface area contributed by atoms with Gasteiger partial charge in [0.25, 0.3) is 0 Å². The first-order valence-corrected chi connectivity index (χ1v) is 8.78. The Balaban J connectivity index is 1.63. The normalized spacial score (nSPS) is 13.0. The largest absolute Gasteiger partial charge is 0.433 e. The molecule has 0 spiro atoms. The van der Waals surface area contributed by atoms with Gasteiger partial charge >= 0.3 is 6.18 Å². The van der Waals surface area contributed by atoms with Crippen molar-refractivity contribution in [3.63, 3.8) is 0 Å². The van der Waals surface area contributed by atoms with Crippen LogP contribution in [0.3, 0.4) is 0 Å². The van der Waals surface area contributed by atoms with Crippen molar-refractivity contribution in [2.75, 3.05) is 5.32 Å². The molecule has 0 saturated carbocycles. The van der Waals surface area contributed by atoms with Crippen LogP contribution in [0.25, 0.3) is 10.9 Å². The zero-order chi connectivity index (χ0) is 20.6. The summed E-state index contributed by atoms with van der Waals surface area (Å²) in [6.07, 6.45) is -1.09.